The zero-order chi connectivity index (χ0) is 9.90. The van der Waals surface area contributed by atoms with Gasteiger partial charge in [0, 0.05) is 6.08 Å². The molecule has 1 unspecified atom stereocenters. The number of phosphoric ester groups is 1. The first-order valence-corrected chi connectivity index (χ1v) is 5.53. The van der Waals surface area contributed by atoms with Gasteiger partial charge in [-0.15, -0.1) is 0 Å². The van der Waals surface area contributed by atoms with Crippen LogP contribution in [0.25, 0.3) is 0 Å². The Morgan fingerprint density at radius 1 is 1.62 bits per heavy atom. The molecule has 0 radical (unpaired) electrons. The van der Waals surface area contributed by atoms with Gasteiger partial charge in [0.25, 0.3) is 0 Å². The summed E-state index contributed by atoms with van der Waals surface area (Å²) in [6, 6.07) is 0. The summed E-state index contributed by atoms with van der Waals surface area (Å²) in [5, 5.41) is 0. The predicted molar refractivity (Wildman–Crippen MR) is 48.9 cm³/mol. The summed E-state index contributed by atoms with van der Waals surface area (Å²) in [5.74, 6) is 0.805. The first kappa shape index (κ1) is 10.4. The summed E-state index contributed by atoms with van der Waals surface area (Å²) in [6.07, 6.45) is 2.32. The van der Waals surface area contributed by atoms with Gasteiger partial charge in [0.1, 0.15) is 11.5 Å². The molecule has 5 heteroatoms. The normalized spacial score (nSPS) is 27.5. The van der Waals surface area contributed by atoms with Crippen molar-refractivity contribution in [2.45, 2.75) is 20.3 Å². The zero-order valence-corrected chi connectivity index (χ0v) is 8.67. The molecule has 0 aromatic heterocycles. The van der Waals surface area contributed by atoms with Gasteiger partial charge in [0.2, 0.25) is 0 Å². The number of rotatable bonds is 3. The lowest BCUT2D eigenvalue weighted by Crippen LogP contribution is -2.03. The van der Waals surface area contributed by atoms with Crippen LogP contribution in [-0.2, 0) is 18.1 Å². The Balaban J connectivity index is 2.66. The molecule has 0 aliphatic carbocycles. The van der Waals surface area contributed by atoms with E-state index in [0.29, 0.717) is 18.1 Å². The molecular formula is C8H13O4P. The van der Waals surface area contributed by atoms with Crippen LogP contribution in [0, 0.1) is 0 Å². The van der Waals surface area contributed by atoms with E-state index < -0.39 is 7.82 Å². The topological polar surface area (TPSA) is 44.8 Å². The summed E-state index contributed by atoms with van der Waals surface area (Å²) in [4.78, 5) is 0. The van der Waals surface area contributed by atoms with Gasteiger partial charge in [-0.25, -0.2) is 4.57 Å². The van der Waals surface area contributed by atoms with E-state index in [0.717, 1.165) is 6.42 Å². The average Bonchev–Trinajstić information content (AvgIpc) is 1.98. The van der Waals surface area contributed by atoms with Crippen molar-refractivity contribution in [3.8, 4) is 0 Å². The molecule has 4 nitrogen and oxygen atoms in total. The van der Waals surface area contributed by atoms with Gasteiger partial charge in [-0.05, 0) is 13.3 Å². The first-order valence-electron chi connectivity index (χ1n) is 4.07. The Morgan fingerprint density at radius 3 is 2.85 bits per heavy atom. The second-order valence-electron chi connectivity index (χ2n) is 2.68. The molecule has 0 aromatic rings. The fourth-order valence-corrected chi connectivity index (χ4v) is 2.17. The molecule has 0 fully saturated rings. The lowest BCUT2D eigenvalue weighted by Gasteiger charge is -2.22. The van der Waals surface area contributed by atoms with Gasteiger partial charge in [-0.2, -0.15) is 0 Å². The van der Waals surface area contributed by atoms with Crippen LogP contribution in [-0.4, -0.2) is 6.61 Å². The third kappa shape index (κ3) is 2.90. The summed E-state index contributed by atoms with van der Waals surface area (Å²) < 4.78 is 26.5. The Hall–Kier alpha value is -0.730. The van der Waals surface area contributed by atoms with E-state index >= 15 is 0 Å². The quantitative estimate of drug-likeness (QED) is 0.663. The maximum absolute atomic E-state index is 11.6. The van der Waals surface area contributed by atoms with Crippen LogP contribution in [0.4, 0.5) is 0 Å². The van der Waals surface area contributed by atoms with Crippen LogP contribution < -0.4 is 0 Å². The van der Waals surface area contributed by atoms with Crippen molar-refractivity contribution in [1.29, 1.82) is 0 Å². The summed E-state index contributed by atoms with van der Waals surface area (Å²) in [6.45, 7) is 7.47. The fraction of sp³-hybridized carbons (Fsp3) is 0.500. The van der Waals surface area contributed by atoms with Crippen molar-refractivity contribution in [1.82, 2.24) is 0 Å². The number of hydrogen-bond acceptors (Lipinski definition) is 4. The molecule has 13 heavy (non-hydrogen) atoms. The molecule has 0 amide bonds. The van der Waals surface area contributed by atoms with Crippen molar-refractivity contribution in [2.75, 3.05) is 6.61 Å². The maximum atomic E-state index is 11.6. The number of phosphoric acid groups is 1. The van der Waals surface area contributed by atoms with Gasteiger partial charge in [0.05, 0.1) is 6.61 Å². The molecule has 1 aliphatic rings. The monoisotopic (exact) mass is 204 g/mol. The van der Waals surface area contributed by atoms with E-state index in [4.69, 9.17) is 13.6 Å². The van der Waals surface area contributed by atoms with Crippen LogP contribution in [0.3, 0.4) is 0 Å². The van der Waals surface area contributed by atoms with Crippen molar-refractivity contribution in [2.24, 2.45) is 0 Å². The van der Waals surface area contributed by atoms with Crippen LogP contribution >= 0.6 is 7.82 Å². The molecule has 1 rings (SSSR count). The van der Waals surface area contributed by atoms with Crippen LogP contribution in [0.2, 0.25) is 0 Å². The van der Waals surface area contributed by atoms with E-state index in [9.17, 15) is 4.57 Å². The Bertz CT molecular complexity index is 282. The Morgan fingerprint density at radius 2 is 2.31 bits per heavy atom. The Labute approximate surface area is 77.8 Å². The molecule has 1 aliphatic heterocycles. The highest BCUT2D eigenvalue weighted by atomic mass is 31.2. The molecular weight excluding hydrogens is 191 g/mol. The number of allylic oxidation sites excluding steroid dienone is 2. The van der Waals surface area contributed by atoms with Crippen LogP contribution in [0.1, 0.15) is 20.3 Å². The molecule has 0 N–H and O–H groups in total. The molecule has 0 saturated carbocycles. The van der Waals surface area contributed by atoms with Crippen molar-refractivity contribution in [3.63, 3.8) is 0 Å². The van der Waals surface area contributed by atoms with Gasteiger partial charge >= 0.3 is 7.82 Å². The molecule has 1 heterocycles. The molecule has 0 aromatic carbocycles. The minimum Gasteiger partial charge on any atom is -0.400 e. The van der Waals surface area contributed by atoms with Gasteiger partial charge in [-0.1, -0.05) is 13.5 Å². The largest absolute Gasteiger partial charge is 0.587 e. The minimum absolute atomic E-state index is 0.309. The summed E-state index contributed by atoms with van der Waals surface area (Å²) in [5.41, 5.74) is 0. The molecule has 0 spiro atoms. The maximum Gasteiger partial charge on any atom is 0.587 e. The smallest absolute Gasteiger partial charge is 0.400 e. The highest BCUT2D eigenvalue weighted by Crippen LogP contribution is 2.55. The van der Waals surface area contributed by atoms with Crippen molar-refractivity contribution < 1.29 is 18.1 Å². The van der Waals surface area contributed by atoms with Gasteiger partial charge in [0.15, 0.2) is 0 Å². The number of hydrogen-bond donors (Lipinski definition) is 0. The Kier molecular flexibility index (Phi) is 3.17. The molecule has 0 saturated heterocycles. The third-order valence-corrected chi connectivity index (χ3v) is 2.77. The SMILES string of the molecule is C=C1C=C(C)OP(=O)(OCCC)O1. The summed E-state index contributed by atoms with van der Waals surface area (Å²) >= 11 is 0. The zero-order valence-electron chi connectivity index (χ0n) is 7.78. The van der Waals surface area contributed by atoms with E-state index in [1.807, 2.05) is 6.92 Å². The van der Waals surface area contributed by atoms with E-state index in [1.54, 1.807) is 13.0 Å². The predicted octanol–water partition coefficient (Wildman–Crippen LogP) is 2.99. The lowest BCUT2D eigenvalue weighted by atomic mass is 10.4. The lowest BCUT2D eigenvalue weighted by molar-refractivity contribution is 0.155. The molecule has 74 valence electrons. The van der Waals surface area contributed by atoms with Crippen LogP contribution in [0.15, 0.2) is 24.2 Å². The van der Waals surface area contributed by atoms with E-state index in [-0.39, 0.29) is 0 Å². The van der Waals surface area contributed by atoms with Crippen molar-refractivity contribution >= 4 is 7.82 Å². The summed E-state index contributed by atoms with van der Waals surface area (Å²) in [7, 11) is -3.41. The highest BCUT2D eigenvalue weighted by Gasteiger charge is 2.33. The third-order valence-electron chi connectivity index (χ3n) is 1.30. The standard InChI is InChI=1S/C8H13O4P/c1-4-5-10-13(9)11-7(2)6-8(3)12-13/h6H,2,4-5H2,1,3H3. The molecule has 1 atom stereocenters. The van der Waals surface area contributed by atoms with E-state index in [2.05, 4.69) is 6.58 Å². The second-order valence-corrected chi connectivity index (χ2v) is 4.20. The highest BCUT2D eigenvalue weighted by molar-refractivity contribution is 7.48. The van der Waals surface area contributed by atoms with E-state index in [1.165, 1.54) is 0 Å². The first-order chi connectivity index (χ1) is 6.06. The second kappa shape index (κ2) is 3.99. The van der Waals surface area contributed by atoms with Crippen LogP contribution in [0.5, 0.6) is 0 Å². The fourth-order valence-electron chi connectivity index (χ4n) is 0.874. The van der Waals surface area contributed by atoms with Gasteiger partial charge < -0.3 is 9.05 Å². The van der Waals surface area contributed by atoms with Gasteiger partial charge in [-0.3, -0.25) is 4.52 Å². The molecule has 0 bridgehead atoms. The van der Waals surface area contributed by atoms with Crippen molar-refractivity contribution in [3.05, 3.63) is 24.2 Å². The average molecular weight is 204 g/mol. The minimum atomic E-state index is -3.41.